The number of halogens is 2. The minimum absolute atomic E-state index is 0.115. The summed E-state index contributed by atoms with van der Waals surface area (Å²) in [5, 5.41) is 1.39. The quantitative estimate of drug-likeness (QED) is 0.472. The predicted molar refractivity (Wildman–Crippen MR) is 103 cm³/mol. The third-order valence-corrected chi connectivity index (χ3v) is 5.44. The van der Waals surface area contributed by atoms with E-state index in [0.29, 0.717) is 25.8 Å². The van der Waals surface area contributed by atoms with Crippen molar-refractivity contribution in [1.82, 2.24) is 4.57 Å². The highest BCUT2D eigenvalue weighted by Gasteiger charge is 2.14. The first-order chi connectivity index (χ1) is 12.4. The average Bonchev–Trinajstić information content (AvgIpc) is 2.90. The summed E-state index contributed by atoms with van der Waals surface area (Å²) >= 11 is 13.5. The van der Waals surface area contributed by atoms with Crippen LogP contribution in [0.3, 0.4) is 0 Å². The van der Waals surface area contributed by atoms with Crippen LogP contribution >= 0.6 is 34.5 Å². The van der Waals surface area contributed by atoms with E-state index in [0.717, 1.165) is 16.3 Å². The van der Waals surface area contributed by atoms with E-state index in [-0.39, 0.29) is 11.2 Å². The molecule has 0 saturated carbocycles. The molecule has 4 aromatic rings. The van der Waals surface area contributed by atoms with Gasteiger partial charge in [-0.3, -0.25) is 9.59 Å². The number of nitrogens with zero attached hydrogens (tertiary/aromatic N) is 2. The van der Waals surface area contributed by atoms with E-state index < -0.39 is 5.91 Å². The van der Waals surface area contributed by atoms with E-state index in [1.54, 1.807) is 48.0 Å². The molecule has 0 atom stereocenters. The Labute approximate surface area is 160 Å². The summed E-state index contributed by atoms with van der Waals surface area (Å²) in [5.74, 6) is -0.757. The fourth-order valence-corrected chi connectivity index (χ4v) is 4.48. The molecule has 5 nitrogen and oxygen atoms in total. The van der Waals surface area contributed by atoms with E-state index in [2.05, 4.69) is 4.99 Å². The molecule has 0 aliphatic heterocycles. The van der Waals surface area contributed by atoms with Gasteiger partial charge in [0.2, 0.25) is 0 Å². The van der Waals surface area contributed by atoms with E-state index in [9.17, 15) is 9.59 Å². The highest BCUT2D eigenvalue weighted by molar-refractivity contribution is 7.16. The second kappa shape index (κ2) is 6.39. The number of hydrogen-bond donors (Lipinski definition) is 0. The third-order valence-electron chi connectivity index (χ3n) is 3.86. The van der Waals surface area contributed by atoms with Crippen molar-refractivity contribution in [3.63, 3.8) is 0 Å². The lowest BCUT2D eigenvalue weighted by atomic mass is 10.2. The molecule has 2 aromatic heterocycles. The lowest BCUT2D eigenvalue weighted by Gasteiger charge is -2.00. The number of benzene rings is 2. The van der Waals surface area contributed by atoms with Gasteiger partial charge < -0.3 is 8.98 Å². The first-order valence-electron chi connectivity index (χ1n) is 7.50. The first-order valence-corrected chi connectivity index (χ1v) is 9.08. The van der Waals surface area contributed by atoms with Crippen molar-refractivity contribution in [1.29, 1.82) is 0 Å². The molecule has 0 fully saturated rings. The fourth-order valence-electron chi connectivity index (χ4n) is 2.66. The number of para-hydroxylation sites is 1. The summed E-state index contributed by atoms with van der Waals surface area (Å²) in [6.07, 6.45) is 0. The number of aromatic nitrogens is 1. The van der Waals surface area contributed by atoms with Crippen molar-refractivity contribution in [2.24, 2.45) is 12.0 Å². The molecular formula is C18H10Cl2N2O3S. The molecule has 1 amide bonds. The van der Waals surface area contributed by atoms with Crippen molar-refractivity contribution in [2.45, 2.75) is 0 Å². The van der Waals surface area contributed by atoms with Crippen molar-refractivity contribution in [2.75, 3.05) is 0 Å². The SMILES string of the molecule is Cn1c(=NC(=O)c2cc(=O)c3ccccc3o2)sc2cc(Cl)cc(Cl)c21. The zero-order chi connectivity index (χ0) is 18.4. The molecule has 0 aliphatic rings. The van der Waals surface area contributed by atoms with Crippen LogP contribution in [0.2, 0.25) is 10.0 Å². The summed E-state index contributed by atoms with van der Waals surface area (Å²) in [7, 11) is 1.75. The summed E-state index contributed by atoms with van der Waals surface area (Å²) < 4.78 is 8.04. The van der Waals surface area contributed by atoms with E-state index >= 15 is 0 Å². The maximum Gasteiger partial charge on any atom is 0.315 e. The monoisotopic (exact) mass is 404 g/mol. The van der Waals surface area contributed by atoms with Crippen molar-refractivity contribution < 1.29 is 9.21 Å². The normalized spacial score (nSPS) is 12.2. The molecule has 130 valence electrons. The number of rotatable bonds is 1. The lowest BCUT2D eigenvalue weighted by Crippen LogP contribution is -2.14. The van der Waals surface area contributed by atoms with Gasteiger partial charge in [-0.2, -0.15) is 4.99 Å². The minimum atomic E-state index is -0.641. The van der Waals surface area contributed by atoms with Gasteiger partial charge in [-0.1, -0.05) is 46.7 Å². The summed E-state index contributed by atoms with van der Waals surface area (Å²) in [6.45, 7) is 0. The Balaban J connectivity index is 1.88. The molecule has 0 N–H and O–H groups in total. The van der Waals surface area contributed by atoms with Crippen LogP contribution in [0.1, 0.15) is 10.6 Å². The number of carbonyl (C=O) groups excluding carboxylic acids is 1. The van der Waals surface area contributed by atoms with Crippen LogP contribution in [0.15, 0.2) is 56.7 Å². The molecule has 0 aliphatic carbocycles. The van der Waals surface area contributed by atoms with Crippen LogP contribution in [0.5, 0.6) is 0 Å². The Morgan fingerprint density at radius 3 is 2.77 bits per heavy atom. The summed E-state index contributed by atoms with van der Waals surface area (Å²) in [4.78, 5) is 29.2. The number of carbonyl (C=O) groups is 1. The molecule has 4 rings (SSSR count). The molecule has 0 spiro atoms. The molecular weight excluding hydrogens is 395 g/mol. The Kier molecular flexibility index (Phi) is 4.19. The number of aryl methyl sites for hydroxylation is 1. The highest BCUT2D eigenvalue weighted by Crippen LogP contribution is 2.29. The average molecular weight is 405 g/mol. The Morgan fingerprint density at radius 1 is 1.19 bits per heavy atom. The van der Waals surface area contributed by atoms with Crippen LogP contribution in [0.25, 0.3) is 21.2 Å². The predicted octanol–water partition coefficient (Wildman–Crippen LogP) is 4.39. The number of fused-ring (bicyclic) bond motifs is 2. The molecule has 8 heteroatoms. The van der Waals surface area contributed by atoms with Gasteiger partial charge in [0, 0.05) is 18.1 Å². The van der Waals surface area contributed by atoms with Gasteiger partial charge in [-0.05, 0) is 24.3 Å². The Morgan fingerprint density at radius 2 is 1.96 bits per heavy atom. The molecule has 2 aromatic carbocycles. The van der Waals surface area contributed by atoms with Crippen LogP contribution in [-0.2, 0) is 7.05 Å². The molecule has 2 heterocycles. The largest absolute Gasteiger partial charge is 0.451 e. The molecule has 26 heavy (non-hydrogen) atoms. The van der Waals surface area contributed by atoms with Gasteiger partial charge >= 0.3 is 5.91 Å². The van der Waals surface area contributed by atoms with Gasteiger partial charge in [0.05, 0.1) is 20.6 Å². The van der Waals surface area contributed by atoms with Crippen LogP contribution < -0.4 is 10.2 Å². The van der Waals surface area contributed by atoms with Gasteiger partial charge in [0.15, 0.2) is 16.0 Å². The lowest BCUT2D eigenvalue weighted by molar-refractivity contribution is 0.0972. The fraction of sp³-hybridized carbons (Fsp3) is 0.0556. The zero-order valence-electron chi connectivity index (χ0n) is 13.3. The third kappa shape index (κ3) is 2.86. The topological polar surface area (TPSA) is 64.6 Å². The molecule has 0 bridgehead atoms. The first kappa shape index (κ1) is 17.0. The van der Waals surface area contributed by atoms with Crippen LogP contribution in [0.4, 0.5) is 0 Å². The second-order valence-corrected chi connectivity index (χ2v) is 7.42. The standard InChI is InChI=1S/C18H10Cl2N2O3S/c1-22-16-11(20)6-9(19)7-15(16)26-18(22)21-17(24)14-8-12(23)10-4-2-3-5-13(10)25-14/h2-8H,1H3. The number of amides is 1. The van der Waals surface area contributed by atoms with Gasteiger partial charge in [-0.15, -0.1) is 0 Å². The van der Waals surface area contributed by atoms with Crippen LogP contribution in [-0.4, -0.2) is 10.5 Å². The van der Waals surface area contributed by atoms with E-state index in [1.807, 2.05) is 0 Å². The summed E-state index contributed by atoms with van der Waals surface area (Å²) in [5.41, 5.74) is 0.780. The molecule has 0 radical (unpaired) electrons. The highest BCUT2D eigenvalue weighted by atomic mass is 35.5. The van der Waals surface area contributed by atoms with Gasteiger partial charge in [0.1, 0.15) is 5.58 Å². The molecule has 0 saturated heterocycles. The Bertz CT molecular complexity index is 1320. The van der Waals surface area contributed by atoms with E-state index in [1.165, 1.54) is 11.3 Å². The number of hydrogen-bond acceptors (Lipinski definition) is 4. The van der Waals surface area contributed by atoms with Crippen molar-refractivity contribution in [3.8, 4) is 0 Å². The summed E-state index contributed by atoms with van der Waals surface area (Å²) in [6, 6.07) is 11.3. The smallest absolute Gasteiger partial charge is 0.315 e. The van der Waals surface area contributed by atoms with Crippen LogP contribution in [0, 0.1) is 0 Å². The second-order valence-electron chi connectivity index (χ2n) is 5.57. The number of thiazole rings is 1. The maximum atomic E-state index is 12.5. The van der Waals surface area contributed by atoms with E-state index in [4.69, 9.17) is 27.6 Å². The van der Waals surface area contributed by atoms with Gasteiger partial charge in [-0.25, -0.2) is 0 Å². The van der Waals surface area contributed by atoms with Gasteiger partial charge in [0.25, 0.3) is 0 Å². The minimum Gasteiger partial charge on any atom is -0.451 e. The van der Waals surface area contributed by atoms with Crippen molar-refractivity contribution in [3.05, 3.63) is 73.3 Å². The molecule has 0 unspecified atom stereocenters. The maximum absolute atomic E-state index is 12.5. The zero-order valence-corrected chi connectivity index (χ0v) is 15.7. The Hall–Kier alpha value is -2.41. The van der Waals surface area contributed by atoms with Crippen molar-refractivity contribution >= 4 is 61.6 Å².